The van der Waals surface area contributed by atoms with Gasteiger partial charge in [0.15, 0.2) is 6.29 Å². The van der Waals surface area contributed by atoms with E-state index in [1.54, 1.807) is 0 Å². The first-order valence-electron chi connectivity index (χ1n) is 14.0. The third-order valence-corrected chi connectivity index (χ3v) is 7.57. The van der Waals surface area contributed by atoms with Gasteiger partial charge in [0.2, 0.25) is 0 Å². The summed E-state index contributed by atoms with van der Waals surface area (Å²) in [5.41, 5.74) is 0. The Morgan fingerprint density at radius 3 is 0.833 bits per heavy atom. The summed E-state index contributed by atoms with van der Waals surface area (Å²) in [7, 11) is 0. The van der Waals surface area contributed by atoms with E-state index in [2.05, 4.69) is 48.5 Å². The molecule has 0 aromatic carbocycles. The molecule has 4 fully saturated rings. The van der Waals surface area contributed by atoms with Crippen LogP contribution in [0.25, 0.3) is 0 Å². The van der Waals surface area contributed by atoms with Crippen molar-refractivity contribution in [3.8, 4) is 0 Å². The molecule has 2 aliphatic heterocycles. The summed E-state index contributed by atoms with van der Waals surface area (Å²) in [4.78, 5) is 0. The predicted octanol–water partition coefficient (Wildman–Crippen LogP) is 11.0. The Hall–Kier alpha value is -0.120. The second kappa shape index (κ2) is 25.2. The van der Waals surface area contributed by atoms with Crippen LogP contribution in [0.3, 0.4) is 0 Å². The van der Waals surface area contributed by atoms with Crippen LogP contribution in [0.5, 0.6) is 0 Å². The van der Waals surface area contributed by atoms with Crippen molar-refractivity contribution < 1.29 is 14.2 Å². The highest BCUT2D eigenvalue weighted by Crippen LogP contribution is 2.28. The fourth-order valence-corrected chi connectivity index (χ4v) is 4.56. The Bertz CT molecular complexity index is 289. The van der Waals surface area contributed by atoms with E-state index < -0.39 is 0 Å². The lowest BCUT2D eigenvalue weighted by molar-refractivity contribution is -0.187. The Balaban J connectivity index is -0.000000183. The zero-order valence-electron chi connectivity index (χ0n) is 23.0. The van der Waals surface area contributed by atoms with Crippen LogP contribution in [0.2, 0.25) is 0 Å². The van der Waals surface area contributed by atoms with Crippen molar-refractivity contribution in [2.45, 2.75) is 162 Å². The summed E-state index contributed by atoms with van der Waals surface area (Å²) in [6.45, 7) is 20.6. The van der Waals surface area contributed by atoms with Crippen LogP contribution in [0.15, 0.2) is 0 Å². The molecule has 36 heavy (non-hydrogen) atoms. The van der Waals surface area contributed by atoms with Crippen molar-refractivity contribution in [3.63, 3.8) is 0 Å². The molecular weight excluding hydrogens is 444 g/mol. The van der Waals surface area contributed by atoms with Gasteiger partial charge in [0, 0.05) is 12.5 Å². The van der Waals surface area contributed by atoms with Crippen molar-refractivity contribution in [1.29, 1.82) is 0 Å². The summed E-state index contributed by atoms with van der Waals surface area (Å²) in [6, 6.07) is 0. The van der Waals surface area contributed by atoms with Crippen molar-refractivity contribution in [3.05, 3.63) is 0 Å². The minimum Gasteiger partial charge on any atom is -0.378 e. The lowest BCUT2D eigenvalue weighted by Gasteiger charge is -2.24. The molecule has 2 saturated carbocycles. The minimum absolute atomic E-state index is 0. The fraction of sp³-hybridized carbons (Fsp3) is 1.00. The van der Waals surface area contributed by atoms with E-state index in [1.165, 1.54) is 64.2 Å². The third kappa shape index (κ3) is 23.0. The van der Waals surface area contributed by atoms with Gasteiger partial charge in [-0.2, -0.15) is 0 Å². The van der Waals surface area contributed by atoms with E-state index in [1.807, 2.05) is 6.92 Å². The van der Waals surface area contributed by atoms with E-state index in [4.69, 9.17) is 14.2 Å². The van der Waals surface area contributed by atoms with Gasteiger partial charge in [-0.3, -0.25) is 0 Å². The molecule has 0 amide bonds. The molecule has 4 rings (SSSR count). The number of hydrogen-bond donors (Lipinski definition) is 0. The first-order chi connectivity index (χ1) is 15.2. The monoisotopic (exact) mass is 519 g/mol. The quantitative estimate of drug-likeness (QED) is 0.319. The van der Waals surface area contributed by atoms with Gasteiger partial charge in [-0.25, -0.2) is 0 Å². The third-order valence-electron chi connectivity index (χ3n) is 7.57. The van der Waals surface area contributed by atoms with Gasteiger partial charge in [0.05, 0.1) is 19.3 Å². The summed E-state index contributed by atoms with van der Waals surface area (Å²) >= 11 is 0. The van der Waals surface area contributed by atoms with Gasteiger partial charge in [-0.15, -0.1) is 0 Å². The number of rotatable bonds is 0. The van der Waals surface area contributed by atoms with Gasteiger partial charge in [0.25, 0.3) is 0 Å². The highest BCUT2D eigenvalue weighted by atomic mass is 16.7. The molecule has 2 unspecified atom stereocenters. The second-order valence-corrected chi connectivity index (χ2v) is 11.9. The van der Waals surface area contributed by atoms with Crippen LogP contribution in [-0.4, -0.2) is 32.2 Å². The van der Waals surface area contributed by atoms with E-state index in [0.29, 0.717) is 12.0 Å². The van der Waals surface area contributed by atoms with E-state index in [0.717, 1.165) is 49.4 Å². The average molecular weight is 519 g/mol. The van der Waals surface area contributed by atoms with Crippen LogP contribution >= 0.6 is 0 Å². The summed E-state index contributed by atoms with van der Waals surface area (Å²) < 4.78 is 15.7. The molecular formula is C33H74O3. The van der Waals surface area contributed by atoms with Gasteiger partial charge >= 0.3 is 0 Å². The maximum absolute atomic E-state index is 5.39. The Morgan fingerprint density at radius 1 is 0.333 bits per heavy atom. The van der Waals surface area contributed by atoms with Gasteiger partial charge in [-0.1, -0.05) is 123 Å². The van der Waals surface area contributed by atoms with Crippen LogP contribution in [-0.2, 0) is 14.2 Å². The normalized spacial score (nSPS) is 35.3. The lowest BCUT2D eigenvalue weighted by atomic mass is 9.84. The summed E-state index contributed by atoms with van der Waals surface area (Å²) in [6.07, 6.45) is 14.9. The Morgan fingerprint density at radius 2 is 0.611 bits per heavy atom. The highest BCUT2D eigenvalue weighted by Gasteiger charge is 2.15. The summed E-state index contributed by atoms with van der Waals surface area (Å²) in [5.74, 6) is 5.45. The predicted molar refractivity (Wildman–Crippen MR) is 165 cm³/mol. The van der Waals surface area contributed by atoms with Gasteiger partial charge < -0.3 is 14.2 Å². The smallest absolute Gasteiger partial charge is 0.154 e. The SMILES string of the molecule is C.C.C.C.CC1CCC(C)CC1.CC1CCC(C)CC1.CC1CCC(C)OC1.CC1COC(C)OC1. The van der Waals surface area contributed by atoms with E-state index >= 15 is 0 Å². The number of hydrogen-bond acceptors (Lipinski definition) is 3. The van der Waals surface area contributed by atoms with Crippen molar-refractivity contribution >= 4 is 0 Å². The molecule has 0 radical (unpaired) electrons. The van der Waals surface area contributed by atoms with Gasteiger partial charge in [0.1, 0.15) is 0 Å². The number of ether oxygens (including phenoxy) is 3. The molecule has 0 N–H and O–H groups in total. The Labute approximate surface area is 231 Å². The molecule has 2 heterocycles. The zero-order valence-corrected chi connectivity index (χ0v) is 23.0. The van der Waals surface area contributed by atoms with Crippen LogP contribution in [0.1, 0.15) is 149 Å². The molecule has 0 bridgehead atoms. The molecule has 0 aromatic rings. The van der Waals surface area contributed by atoms with E-state index in [-0.39, 0.29) is 36.0 Å². The summed E-state index contributed by atoms with van der Waals surface area (Å²) in [5, 5.41) is 0. The molecule has 2 atom stereocenters. The molecule has 2 saturated heterocycles. The maximum Gasteiger partial charge on any atom is 0.154 e. The topological polar surface area (TPSA) is 27.7 Å². The molecule has 4 aliphatic rings. The molecule has 3 nitrogen and oxygen atoms in total. The van der Waals surface area contributed by atoms with Crippen LogP contribution in [0.4, 0.5) is 0 Å². The average Bonchev–Trinajstić information content (AvgIpc) is 2.78. The van der Waals surface area contributed by atoms with Gasteiger partial charge in [-0.05, 0) is 56.3 Å². The van der Waals surface area contributed by atoms with Crippen LogP contribution in [0, 0.1) is 35.5 Å². The fourth-order valence-electron chi connectivity index (χ4n) is 4.56. The first-order valence-corrected chi connectivity index (χ1v) is 14.0. The molecule has 0 aromatic heterocycles. The largest absolute Gasteiger partial charge is 0.378 e. The molecule has 224 valence electrons. The Kier molecular flexibility index (Phi) is 30.0. The minimum atomic E-state index is 0. The van der Waals surface area contributed by atoms with Crippen LogP contribution < -0.4 is 0 Å². The molecule has 0 spiro atoms. The first kappa shape index (κ1) is 43.0. The van der Waals surface area contributed by atoms with E-state index in [9.17, 15) is 0 Å². The second-order valence-electron chi connectivity index (χ2n) is 11.9. The molecule has 2 aliphatic carbocycles. The standard InChI is InChI=1S/2C8H16.C7H14O.C6H12O2.4CH4/c2*1-7-3-5-8(2)6-4-7;1-6-3-4-7(2)8-5-6;1-5-3-7-6(2)8-4-5;;;;/h2*7-8H,3-6H2,1-2H3;6-7H,3-5H2,1-2H3;5-6H,3-4H2,1-2H3;4*1H4. The zero-order chi connectivity index (χ0) is 23.9. The van der Waals surface area contributed by atoms with Crippen molar-refractivity contribution in [2.75, 3.05) is 19.8 Å². The van der Waals surface area contributed by atoms with Crippen molar-refractivity contribution in [2.24, 2.45) is 35.5 Å². The highest BCUT2D eigenvalue weighted by molar-refractivity contribution is 4.66. The maximum atomic E-state index is 5.39. The molecule has 3 heteroatoms. The lowest BCUT2D eigenvalue weighted by Crippen LogP contribution is -2.27. The van der Waals surface area contributed by atoms with Crippen molar-refractivity contribution in [1.82, 2.24) is 0 Å².